The zero-order valence-electron chi connectivity index (χ0n) is 13.3. The Balaban J connectivity index is 1.49. The van der Waals surface area contributed by atoms with Crippen LogP contribution in [-0.2, 0) is 6.54 Å². The first-order valence-electron chi connectivity index (χ1n) is 7.96. The number of carbonyl (C=O) groups is 1. The second-order valence-electron chi connectivity index (χ2n) is 5.83. The number of aromatic nitrogens is 3. The Kier molecular flexibility index (Phi) is 4.75. The summed E-state index contributed by atoms with van der Waals surface area (Å²) in [7, 11) is 0. The molecule has 2 aromatic rings. The maximum absolute atomic E-state index is 12.0. The van der Waals surface area contributed by atoms with E-state index >= 15 is 0 Å². The zero-order valence-corrected chi connectivity index (χ0v) is 13.3. The highest BCUT2D eigenvalue weighted by molar-refractivity contribution is 5.89. The van der Waals surface area contributed by atoms with Crippen LogP contribution in [0.25, 0.3) is 0 Å². The summed E-state index contributed by atoms with van der Waals surface area (Å²) in [5.74, 6) is 0.973. The first-order chi connectivity index (χ1) is 11.2. The minimum atomic E-state index is -0.236. The number of hydrogen-bond acceptors (Lipinski definition) is 4. The van der Waals surface area contributed by atoms with Gasteiger partial charge in [-0.25, -0.2) is 9.78 Å². The summed E-state index contributed by atoms with van der Waals surface area (Å²) in [5, 5.41) is 9.82. The molecular formula is C16H22N6O. The van der Waals surface area contributed by atoms with Gasteiger partial charge in [0.1, 0.15) is 5.82 Å². The van der Waals surface area contributed by atoms with Crippen molar-refractivity contribution in [1.82, 2.24) is 20.1 Å². The lowest BCUT2D eigenvalue weighted by molar-refractivity contribution is 0.247. The first kappa shape index (κ1) is 15.3. The van der Waals surface area contributed by atoms with Crippen molar-refractivity contribution in [3.05, 3.63) is 36.8 Å². The summed E-state index contributed by atoms with van der Waals surface area (Å²) in [5.41, 5.74) is 0.691. The normalized spacial score (nSPS) is 15.4. The second-order valence-corrected chi connectivity index (χ2v) is 5.83. The smallest absolute Gasteiger partial charge is 0.319 e. The third-order valence-electron chi connectivity index (χ3n) is 3.83. The van der Waals surface area contributed by atoms with Crippen molar-refractivity contribution < 1.29 is 4.79 Å². The second kappa shape index (κ2) is 7.13. The molecule has 0 aromatic carbocycles. The highest BCUT2D eigenvalue weighted by Crippen LogP contribution is 2.18. The Morgan fingerprint density at radius 1 is 1.35 bits per heavy atom. The average molecular weight is 314 g/mol. The molecule has 2 amide bonds. The lowest BCUT2D eigenvalue weighted by Crippen LogP contribution is -2.38. The van der Waals surface area contributed by atoms with E-state index in [1.807, 2.05) is 31.3 Å². The van der Waals surface area contributed by atoms with E-state index in [-0.39, 0.29) is 12.1 Å². The average Bonchev–Trinajstić information content (AvgIpc) is 3.20. The molecule has 0 aliphatic carbocycles. The standard InChI is InChI=1S/C16H22N6O/c1-13(12-22-10-4-7-18-22)19-16(23)20-14-5-6-15(17-11-14)21-8-2-3-9-21/h4-7,10-11,13H,2-3,8-9,12H2,1H3,(H2,19,20,23)/t13-/m1/s1. The number of nitrogens with one attached hydrogen (secondary N) is 2. The van der Waals surface area contributed by atoms with E-state index in [1.54, 1.807) is 17.1 Å². The van der Waals surface area contributed by atoms with E-state index < -0.39 is 0 Å². The fraction of sp³-hybridized carbons (Fsp3) is 0.438. The van der Waals surface area contributed by atoms with Gasteiger partial charge in [-0.05, 0) is 38.0 Å². The fourth-order valence-electron chi connectivity index (χ4n) is 2.72. The van der Waals surface area contributed by atoms with Gasteiger partial charge in [-0.1, -0.05) is 0 Å². The molecule has 1 aliphatic rings. The van der Waals surface area contributed by atoms with Gasteiger partial charge >= 0.3 is 6.03 Å². The molecule has 1 saturated heterocycles. The molecule has 0 bridgehead atoms. The molecule has 3 rings (SSSR count). The number of amides is 2. The molecule has 0 spiro atoms. The maximum Gasteiger partial charge on any atom is 0.319 e. The number of carbonyl (C=O) groups excluding carboxylic acids is 1. The quantitative estimate of drug-likeness (QED) is 0.886. The third-order valence-corrected chi connectivity index (χ3v) is 3.83. The molecule has 1 aliphatic heterocycles. The number of hydrogen-bond donors (Lipinski definition) is 2. The van der Waals surface area contributed by atoms with Gasteiger partial charge in [0.25, 0.3) is 0 Å². The molecule has 2 N–H and O–H groups in total. The van der Waals surface area contributed by atoms with Gasteiger partial charge < -0.3 is 15.5 Å². The van der Waals surface area contributed by atoms with Crippen LogP contribution in [0.3, 0.4) is 0 Å². The summed E-state index contributed by atoms with van der Waals surface area (Å²) < 4.78 is 1.79. The Hall–Kier alpha value is -2.57. The lowest BCUT2D eigenvalue weighted by Gasteiger charge is -2.17. The number of nitrogens with zero attached hydrogens (tertiary/aromatic N) is 4. The predicted octanol–water partition coefficient (Wildman–Crippen LogP) is 2.09. The van der Waals surface area contributed by atoms with Crippen molar-refractivity contribution in [2.45, 2.75) is 32.4 Å². The maximum atomic E-state index is 12.0. The van der Waals surface area contributed by atoms with Gasteiger partial charge in [-0.3, -0.25) is 4.68 Å². The summed E-state index contributed by atoms with van der Waals surface area (Å²) in [6.07, 6.45) is 7.74. The first-order valence-corrected chi connectivity index (χ1v) is 7.96. The van der Waals surface area contributed by atoms with Crippen LogP contribution in [0.4, 0.5) is 16.3 Å². The van der Waals surface area contributed by atoms with Crippen LogP contribution >= 0.6 is 0 Å². The number of anilines is 2. The molecule has 0 saturated carbocycles. The van der Waals surface area contributed by atoms with Crippen molar-refractivity contribution in [1.29, 1.82) is 0 Å². The van der Waals surface area contributed by atoms with Crippen molar-refractivity contribution in [2.24, 2.45) is 0 Å². The van der Waals surface area contributed by atoms with Gasteiger partial charge in [-0.15, -0.1) is 0 Å². The number of urea groups is 1. The van der Waals surface area contributed by atoms with Crippen LogP contribution < -0.4 is 15.5 Å². The molecule has 2 aromatic heterocycles. The van der Waals surface area contributed by atoms with Crippen molar-refractivity contribution in [3.63, 3.8) is 0 Å². The molecule has 7 heteroatoms. The van der Waals surface area contributed by atoms with Crippen LogP contribution in [0.15, 0.2) is 36.8 Å². The van der Waals surface area contributed by atoms with Crippen molar-refractivity contribution in [2.75, 3.05) is 23.3 Å². The Morgan fingerprint density at radius 2 is 2.17 bits per heavy atom. The Morgan fingerprint density at radius 3 is 2.83 bits per heavy atom. The molecule has 0 radical (unpaired) electrons. The molecule has 23 heavy (non-hydrogen) atoms. The fourth-order valence-corrected chi connectivity index (χ4v) is 2.72. The zero-order chi connectivity index (χ0) is 16.1. The lowest BCUT2D eigenvalue weighted by atomic mass is 10.3. The molecule has 0 unspecified atom stereocenters. The van der Waals surface area contributed by atoms with E-state index in [0.717, 1.165) is 18.9 Å². The minimum absolute atomic E-state index is 0.0215. The van der Waals surface area contributed by atoms with Crippen LogP contribution in [0, 0.1) is 0 Å². The molecule has 3 heterocycles. The van der Waals surface area contributed by atoms with E-state index in [9.17, 15) is 4.79 Å². The van der Waals surface area contributed by atoms with Crippen molar-refractivity contribution in [3.8, 4) is 0 Å². The van der Waals surface area contributed by atoms with Crippen molar-refractivity contribution >= 4 is 17.5 Å². The van der Waals surface area contributed by atoms with E-state index in [1.165, 1.54) is 12.8 Å². The summed E-state index contributed by atoms with van der Waals surface area (Å²) in [6, 6.07) is 5.44. The predicted molar refractivity (Wildman–Crippen MR) is 89.5 cm³/mol. The SMILES string of the molecule is C[C@H](Cn1cccn1)NC(=O)Nc1ccc(N2CCCC2)nc1. The molecular weight excluding hydrogens is 292 g/mol. The number of pyridine rings is 1. The van der Waals surface area contributed by atoms with Gasteiger partial charge in [-0.2, -0.15) is 5.10 Å². The molecule has 1 atom stereocenters. The van der Waals surface area contributed by atoms with E-state index in [0.29, 0.717) is 12.2 Å². The largest absolute Gasteiger partial charge is 0.357 e. The molecule has 7 nitrogen and oxygen atoms in total. The minimum Gasteiger partial charge on any atom is -0.357 e. The van der Waals surface area contributed by atoms with Gasteiger partial charge in [0, 0.05) is 31.5 Å². The third kappa shape index (κ3) is 4.21. The van der Waals surface area contributed by atoms with E-state index in [2.05, 4.69) is 25.6 Å². The summed E-state index contributed by atoms with van der Waals surface area (Å²) in [4.78, 5) is 18.7. The van der Waals surface area contributed by atoms with Crippen LogP contribution in [0.5, 0.6) is 0 Å². The van der Waals surface area contributed by atoms with Crippen LogP contribution in [0.1, 0.15) is 19.8 Å². The van der Waals surface area contributed by atoms with Crippen LogP contribution in [-0.4, -0.2) is 39.9 Å². The van der Waals surface area contributed by atoms with Gasteiger partial charge in [0.05, 0.1) is 18.4 Å². The Labute approximate surface area is 135 Å². The van der Waals surface area contributed by atoms with Gasteiger partial charge in [0.2, 0.25) is 0 Å². The monoisotopic (exact) mass is 314 g/mol. The highest BCUT2D eigenvalue weighted by atomic mass is 16.2. The Bertz CT molecular complexity index is 619. The molecule has 1 fully saturated rings. The summed E-state index contributed by atoms with van der Waals surface area (Å²) >= 11 is 0. The van der Waals surface area contributed by atoms with Gasteiger partial charge in [0.15, 0.2) is 0 Å². The highest BCUT2D eigenvalue weighted by Gasteiger charge is 2.13. The molecule has 122 valence electrons. The topological polar surface area (TPSA) is 75.1 Å². The van der Waals surface area contributed by atoms with E-state index in [4.69, 9.17) is 0 Å². The summed E-state index contributed by atoms with van der Waals surface area (Å²) in [6.45, 7) is 4.69. The van der Waals surface area contributed by atoms with Crippen LogP contribution in [0.2, 0.25) is 0 Å². The number of rotatable bonds is 5.